The molecule has 84 valence electrons. The van der Waals surface area contributed by atoms with Crippen molar-refractivity contribution in [3.8, 4) is 0 Å². The van der Waals surface area contributed by atoms with Crippen LogP contribution in [0, 0.1) is 5.92 Å². The Morgan fingerprint density at radius 2 is 1.93 bits per heavy atom. The lowest BCUT2D eigenvalue weighted by Crippen LogP contribution is -2.49. The SMILES string of the molecule is CCC(C)(C)N[C@@H](CC(C)C)C(=O)O. The molecule has 0 aliphatic carbocycles. The van der Waals surface area contributed by atoms with Crippen molar-refractivity contribution in [3.05, 3.63) is 0 Å². The van der Waals surface area contributed by atoms with Crippen molar-refractivity contribution in [3.63, 3.8) is 0 Å². The van der Waals surface area contributed by atoms with E-state index in [1.54, 1.807) is 0 Å². The summed E-state index contributed by atoms with van der Waals surface area (Å²) < 4.78 is 0. The molecule has 0 unspecified atom stereocenters. The second-order valence-corrected chi connectivity index (χ2v) is 4.90. The molecule has 3 heteroatoms. The molecule has 1 atom stereocenters. The van der Waals surface area contributed by atoms with Crippen LogP contribution in [-0.2, 0) is 4.79 Å². The van der Waals surface area contributed by atoms with Crippen LogP contribution in [0.15, 0.2) is 0 Å². The van der Waals surface area contributed by atoms with Crippen LogP contribution in [0.4, 0.5) is 0 Å². The maximum atomic E-state index is 11.0. The zero-order valence-corrected chi connectivity index (χ0v) is 9.92. The third kappa shape index (κ3) is 5.22. The van der Waals surface area contributed by atoms with E-state index < -0.39 is 12.0 Å². The topological polar surface area (TPSA) is 49.3 Å². The molecule has 0 aromatic carbocycles. The Bertz CT molecular complexity index is 188. The van der Waals surface area contributed by atoms with E-state index in [1.165, 1.54) is 0 Å². The first-order valence-electron chi connectivity index (χ1n) is 5.29. The fourth-order valence-electron chi connectivity index (χ4n) is 1.27. The highest BCUT2D eigenvalue weighted by molar-refractivity contribution is 5.73. The van der Waals surface area contributed by atoms with Crippen LogP contribution in [0.2, 0.25) is 0 Å². The number of rotatable bonds is 6. The Hall–Kier alpha value is -0.570. The first-order valence-corrected chi connectivity index (χ1v) is 5.29. The lowest BCUT2D eigenvalue weighted by molar-refractivity contribution is -0.140. The molecule has 14 heavy (non-hydrogen) atoms. The number of carboxylic acids is 1. The maximum Gasteiger partial charge on any atom is 0.320 e. The first-order chi connectivity index (χ1) is 6.28. The van der Waals surface area contributed by atoms with Gasteiger partial charge in [-0.3, -0.25) is 10.1 Å². The van der Waals surface area contributed by atoms with Gasteiger partial charge in [0.2, 0.25) is 0 Å². The molecule has 3 nitrogen and oxygen atoms in total. The van der Waals surface area contributed by atoms with Gasteiger partial charge in [0.1, 0.15) is 6.04 Å². The molecule has 0 aromatic rings. The Morgan fingerprint density at radius 3 is 2.21 bits per heavy atom. The molecule has 0 fully saturated rings. The molecule has 0 spiro atoms. The monoisotopic (exact) mass is 201 g/mol. The minimum atomic E-state index is -0.750. The van der Waals surface area contributed by atoms with Gasteiger partial charge >= 0.3 is 5.97 Å². The van der Waals surface area contributed by atoms with Crippen molar-refractivity contribution < 1.29 is 9.90 Å². The van der Waals surface area contributed by atoms with Gasteiger partial charge in [-0.25, -0.2) is 0 Å². The fraction of sp³-hybridized carbons (Fsp3) is 0.909. The van der Waals surface area contributed by atoms with E-state index in [4.69, 9.17) is 5.11 Å². The Kier molecular flexibility index (Phi) is 5.13. The smallest absolute Gasteiger partial charge is 0.320 e. The summed E-state index contributed by atoms with van der Waals surface area (Å²) >= 11 is 0. The highest BCUT2D eigenvalue weighted by Crippen LogP contribution is 2.13. The average Bonchev–Trinajstić information content (AvgIpc) is 2.02. The van der Waals surface area contributed by atoms with E-state index in [0.29, 0.717) is 12.3 Å². The zero-order valence-electron chi connectivity index (χ0n) is 9.92. The normalized spacial score (nSPS) is 14.4. The second-order valence-electron chi connectivity index (χ2n) is 4.90. The molecule has 0 saturated carbocycles. The van der Waals surface area contributed by atoms with E-state index in [-0.39, 0.29) is 5.54 Å². The number of carboxylic acid groups (broad SMARTS) is 1. The predicted molar refractivity (Wildman–Crippen MR) is 58.4 cm³/mol. The third-order valence-electron chi connectivity index (χ3n) is 2.45. The number of hydrogen-bond acceptors (Lipinski definition) is 2. The van der Waals surface area contributed by atoms with Crippen molar-refractivity contribution in [1.82, 2.24) is 5.32 Å². The number of carbonyl (C=O) groups is 1. The third-order valence-corrected chi connectivity index (χ3v) is 2.45. The molecule has 0 heterocycles. The summed E-state index contributed by atoms with van der Waals surface area (Å²) in [5, 5.41) is 12.2. The largest absolute Gasteiger partial charge is 0.480 e. The molecular weight excluding hydrogens is 178 g/mol. The molecular formula is C11H23NO2. The van der Waals surface area contributed by atoms with Crippen LogP contribution < -0.4 is 5.32 Å². The summed E-state index contributed by atoms with van der Waals surface area (Å²) in [5.41, 5.74) is -0.0993. The standard InChI is InChI=1S/C11H23NO2/c1-6-11(4,5)12-9(10(13)14)7-8(2)3/h8-9,12H,6-7H2,1-5H3,(H,13,14)/t9-/m0/s1. The van der Waals surface area contributed by atoms with Crippen molar-refractivity contribution in [1.29, 1.82) is 0 Å². The van der Waals surface area contributed by atoms with E-state index in [9.17, 15) is 4.79 Å². The molecule has 0 aliphatic rings. The van der Waals surface area contributed by atoms with Crippen molar-refractivity contribution in [2.24, 2.45) is 5.92 Å². The molecule has 0 aromatic heterocycles. The van der Waals surface area contributed by atoms with Crippen molar-refractivity contribution in [2.75, 3.05) is 0 Å². The molecule has 0 aliphatic heterocycles. The fourth-order valence-corrected chi connectivity index (χ4v) is 1.27. The van der Waals surface area contributed by atoms with Gasteiger partial charge in [0.25, 0.3) is 0 Å². The van der Waals surface area contributed by atoms with Crippen LogP contribution in [0.25, 0.3) is 0 Å². The van der Waals surface area contributed by atoms with Gasteiger partial charge in [0.05, 0.1) is 0 Å². The molecule has 0 amide bonds. The van der Waals surface area contributed by atoms with Gasteiger partial charge in [0.15, 0.2) is 0 Å². The number of aliphatic carboxylic acids is 1. The Morgan fingerprint density at radius 1 is 1.43 bits per heavy atom. The molecule has 0 bridgehead atoms. The lowest BCUT2D eigenvalue weighted by atomic mass is 9.97. The quantitative estimate of drug-likeness (QED) is 0.693. The summed E-state index contributed by atoms with van der Waals surface area (Å²) in [6.45, 7) is 10.2. The minimum absolute atomic E-state index is 0.0993. The van der Waals surface area contributed by atoms with E-state index in [1.807, 2.05) is 27.7 Å². The highest BCUT2D eigenvalue weighted by atomic mass is 16.4. The zero-order chi connectivity index (χ0) is 11.4. The highest BCUT2D eigenvalue weighted by Gasteiger charge is 2.25. The summed E-state index contributed by atoms with van der Waals surface area (Å²) in [6.07, 6.45) is 1.60. The van der Waals surface area contributed by atoms with Crippen LogP contribution >= 0.6 is 0 Å². The molecule has 0 rings (SSSR count). The Labute approximate surface area is 86.9 Å². The maximum absolute atomic E-state index is 11.0. The van der Waals surface area contributed by atoms with Crippen LogP contribution in [0.1, 0.15) is 47.5 Å². The lowest BCUT2D eigenvalue weighted by Gasteiger charge is -2.29. The van der Waals surface area contributed by atoms with Crippen molar-refractivity contribution in [2.45, 2.75) is 59.0 Å². The summed E-state index contributed by atoms with van der Waals surface area (Å²) in [7, 11) is 0. The van der Waals surface area contributed by atoms with Crippen LogP contribution in [0.5, 0.6) is 0 Å². The van der Waals surface area contributed by atoms with Gasteiger partial charge in [-0.2, -0.15) is 0 Å². The van der Waals surface area contributed by atoms with Gasteiger partial charge in [-0.15, -0.1) is 0 Å². The Balaban J connectivity index is 4.30. The van der Waals surface area contributed by atoms with E-state index in [2.05, 4.69) is 12.2 Å². The summed E-state index contributed by atoms with van der Waals surface area (Å²) in [6, 6.07) is -0.426. The molecule has 2 N–H and O–H groups in total. The van der Waals surface area contributed by atoms with Gasteiger partial charge < -0.3 is 5.11 Å². The van der Waals surface area contributed by atoms with Gasteiger partial charge in [-0.1, -0.05) is 20.8 Å². The summed E-state index contributed by atoms with van der Waals surface area (Å²) in [4.78, 5) is 11.0. The van der Waals surface area contributed by atoms with Gasteiger partial charge in [-0.05, 0) is 32.6 Å². The van der Waals surface area contributed by atoms with Gasteiger partial charge in [0, 0.05) is 5.54 Å². The van der Waals surface area contributed by atoms with E-state index >= 15 is 0 Å². The summed E-state index contributed by atoms with van der Waals surface area (Å²) in [5.74, 6) is -0.350. The minimum Gasteiger partial charge on any atom is -0.480 e. The van der Waals surface area contributed by atoms with Crippen LogP contribution in [0.3, 0.4) is 0 Å². The van der Waals surface area contributed by atoms with E-state index in [0.717, 1.165) is 6.42 Å². The number of nitrogens with one attached hydrogen (secondary N) is 1. The molecule has 0 saturated heterocycles. The predicted octanol–water partition coefficient (Wildman–Crippen LogP) is 2.26. The second kappa shape index (κ2) is 5.35. The van der Waals surface area contributed by atoms with Crippen molar-refractivity contribution >= 4 is 5.97 Å². The average molecular weight is 201 g/mol. The molecule has 0 radical (unpaired) electrons. The van der Waals surface area contributed by atoms with Crippen LogP contribution in [-0.4, -0.2) is 22.7 Å². The number of hydrogen-bond donors (Lipinski definition) is 2. The first kappa shape index (κ1) is 13.4.